The quantitative estimate of drug-likeness (QED) is 0.380. The summed E-state index contributed by atoms with van der Waals surface area (Å²) in [6, 6.07) is 11.8. The van der Waals surface area contributed by atoms with Gasteiger partial charge in [-0.25, -0.2) is 4.79 Å². The van der Waals surface area contributed by atoms with Crippen molar-refractivity contribution in [1.82, 2.24) is 0 Å². The molecule has 128 valence electrons. The van der Waals surface area contributed by atoms with Crippen molar-refractivity contribution in [1.29, 1.82) is 0 Å². The van der Waals surface area contributed by atoms with Crippen LogP contribution in [0.2, 0.25) is 0 Å². The number of hydrogen-bond donors (Lipinski definition) is 0. The van der Waals surface area contributed by atoms with Crippen molar-refractivity contribution in [2.45, 2.75) is 6.92 Å². The minimum atomic E-state index is -0.448. The van der Waals surface area contributed by atoms with Crippen LogP contribution in [0.25, 0.3) is 10.8 Å². The van der Waals surface area contributed by atoms with Crippen molar-refractivity contribution in [2.75, 3.05) is 33.0 Å². The van der Waals surface area contributed by atoms with E-state index in [1.54, 1.807) is 0 Å². The predicted molar refractivity (Wildman–Crippen MR) is 92.6 cm³/mol. The number of rotatable bonds is 10. The van der Waals surface area contributed by atoms with Crippen LogP contribution >= 0.6 is 0 Å². The zero-order valence-electron chi connectivity index (χ0n) is 13.8. The molecule has 0 radical (unpaired) electrons. The summed E-state index contributed by atoms with van der Waals surface area (Å²) in [5.41, 5.74) is 0. The van der Waals surface area contributed by atoms with Crippen LogP contribution in [-0.4, -0.2) is 39.0 Å². The third-order valence-corrected chi connectivity index (χ3v) is 3.27. The van der Waals surface area contributed by atoms with E-state index < -0.39 is 5.97 Å². The van der Waals surface area contributed by atoms with E-state index in [1.807, 2.05) is 43.3 Å². The normalized spacial score (nSPS) is 10.4. The number of fused-ring (bicyclic) bond motifs is 1. The molecule has 0 saturated carbocycles. The predicted octanol–water partition coefficient (Wildman–Crippen LogP) is 3.36. The van der Waals surface area contributed by atoms with E-state index in [9.17, 15) is 4.79 Å². The summed E-state index contributed by atoms with van der Waals surface area (Å²) in [4.78, 5) is 10.9. The van der Waals surface area contributed by atoms with E-state index >= 15 is 0 Å². The summed E-state index contributed by atoms with van der Waals surface area (Å²) in [5, 5.41) is 2.03. The molecule has 0 aliphatic rings. The maximum Gasteiger partial charge on any atom is 0.330 e. The molecule has 0 heterocycles. The molecule has 0 saturated heterocycles. The fourth-order valence-electron chi connectivity index (χ4n) is 2.22. The summed E-state index contributed by atoms with van der Waals surface area (Å²) < 4.78 is 21.6. The average molecular weight is 330 g/mol. The van der Waals surface area contributed by atoms with Gasteiger partial charge in [-0.05, 0) is 19.1 Å². The van der Waals surface area contributed by atoms with Crippen LogP contribution < -0.4 is 9.47 Å². The highest BCUT2D eigenvalue weighted by Gasteiger charge is 2.07. The first-order valence-corrected chi connectivity index (χ1v) is 7.90. The van der Waals surface area contributed by atoms with Crippen molar-refractivity contribution in [3.05, 3.63) is 49.1 Å². The Morgan fingerprint density at radius 3 is 2.21 bits per heavy atom. The molecule has 0 unspecified atom stereocenters. The Morgan fingerprint density at radius 2 is 1.58 bits per heavy atom. The van der Waals surface area contributed by atoms with Gasteiger partial charge in [0.2, 0.25) is 0 Å². The van der Waals surface area contributed by atoms with Gasteiger partial charge in [0.15, 0.2) is 0 Å². The highest BCUT2D eigenvalue weighted by Crippen LogP contribution is 2.33. The summed E-state index contributed by atoms with van der Waals surface area (Å²) in [6.07, 6.45) is 1.13. The first-order chi connectivity index (χ1) is 11.8. The fraction of sp³-hybridized carbons (Fsp3) is 0.316. The summed E-state index contributed by atoms with van der Waals surface area (Å²) in [7, 11) is 0. The lowest BCUT2D eigenvalue weighted by atomic mass is 10.1. The third-order valence-electron chi connectivity index (χ3n) is 3.27. The second-order valence-electron chi connectivity index (χ2n) is 4.87. The number of ether oxygens (including phenoxy) is 4. The number of benzene rings is 2. The van der Waals surface area contributed by atoms with Gasteiger partial charge in [0, 0.05) is 16.8 Å². The minimum Gasteiger partial charge on any atom is -0.493 e. The molecule has 5 heteroatoms. The smallest absolute Gasteiger partial charge is 0.330 e. The Morgan fingerprint density at radius 1 is 0.958 bits per heavy atom. The van der Waals surface area contributed by atoms with Crippen LogP contribution in [0.4, 0.5) is 0 Å². The maximum absolute atomic E-state index is 10.9. The number of esters is 1. The van der Waals surface area contributed by atoms with Crippen LogP contribution in [0.5, 0.6) is 11.5 Å². The van der Waals surface area contributed by atoms with E-state index in [2.05, 4.69) is 6.58 Å². The first kappa shape index (κ1) is 17.8. The Kier molecular flexibility index (Phi) is 7.11. The van der Waals surface area contributed by atoms with Crippen LogP contribution in [0.15, 0.2) is 49.1 Å². The van der Waals surface area contributed by atoms with Gasteiger partial charge < -0.3 is 18.9 Å². The largest absolute Gasteiger partial charge is 0.493 e. The topological polar surface area (TPSA) is 54.0 Å². The molecule has 2 rings (SSSR count). The zero-order chi connectivity index (χ0) is 17.2. The molecule has 0 spiro atoms. The van der Waals surface area contributed by atoms with Gasteiger partial charge in [-0.3, -0.25) is 0 Å². The molecule has 0 amide bonds. The van der Waals surface area contributed by atoms with Crippen molar-refractivity contribution < 1.29 is 23.7 Å². The molecule has 0 N–H and O–H groups in total. The van der Waals surface area contributed by atoms with Crippen molar-refractivity contribution >= 4 is 16.7 Å². The van der Waals surface area contributed by atoms with Gasteiger partial charge in [0.1, 0.15) is 24.7 Å². The molecule has 2 aromatic rings. The minimum absolute atomic E-state index is 0.205. The third kappa shape index (κ3) is 4.99. The van der Waals surface area contributed by atoms with Crippen LogP contribution in [0.3, 0.4) is 0 Å². The highest BCUT2D eigenvalue weighted by atomic mass is 16.6. The van der Waals surface area contributed by atoms with Gasteiger partial charge >= 0.3 is 5.97 Å². The molecular weight excluding hydrogens is 308 g/mol. The molecule has 0 fully saturated rings. The van der Waals surface area contributed by atoms with Gasteiger partial charge in [-0.15, -0.1) is 0 Å². The molecule has 0 aromatic heterocycles. The van der Waals surface area contributed by atoms with Crippen LogP contribution in [-0.2, 0) is 14.3 Å². The van der Waals surface area contributed by atoms with E-state index in [0.717, 1.165) is 28.3 Å². The summed E-state index contributed by atoms with van der Waals surface area (Å²) >= 11 is 0. The van der Waals surface area contributed by atoms with Crippen LogP contribution in [0.1, 0.15) is 6.92 Å². The molecule has 5 nitrogen and oxygen atoms in total. The molecule has 0 aliphatic heterocycles. The molecular formula is C19H22O5. The maximum atomic E-state index is 10.9. The van der Waals surface area contributed by atoms with E-state index in [4.69, 9.17) is 18.9 Å². The summed E-state index contributed by atoms with van der Waals surface area (Å²) in [6.45, 7) is 7.25. The Labute approximate surface area is 141 Å². The monoisotopic (exact) mass is 330 g/mol. The van der Waals surface area contributed by atoms with E-state index in [0.29, 0.717) is 26.4 Å². The van der Waals surface area contributed by atoms with Crippen molar-refractivity contribution in [3.63, 3.8) is 0 Å². The standard InChI is InChI=1S/C19H22O5/c1-3-19(20)24-14-12-21-11-13-23-18-10-9-17(22-4-2)15-7-5-6-8-16(15)18/h3,5-10H,1,4,11-14H2,2H3. The zero-order valence-corrected chi connectivity index (χ0v) is 13.8. The van der Waals surface area contributed by atoms with Crippen molar-refractivity contribution in [2.24, 2.45) is 0 Å². The Balaban J connectivity index is 1.84. The fourth-order valence-corrected chi connectivity index (χ4v) is 2.22. The Hall–Kier alpha value is -2.53. The van der Waals surface area contributed by atoms with E-state index in [-0.39, 0.29) is 6.61 Å². The first-order valence-electron chi connectivity index (χ1n) is 7.90. The second-order valence-corrected chi connectivity index (χ2v) is 4.87. The van der Waals surface area contributed by atoms with Gasteiger partial charge in [0.05, 0.1) is 19.8 Å². The molecule has 24 heavy (non-hydrogen) atoms. The second kappa shape index (κ2) is 9.57. The molecule has 2 aromatic carbocycles. The van der Waals surface area contributed by atoms with Crippen molar-refractivity contribution in [3.8, 4) is 11.5 Å². The molecule has 0 aliphatic carbocycles. The molecule has 0 atom stereocenters. The lowest BCUT2D eigenvalue weighted by Gasteiger charge is -2.13. The lowest BCUT2D eigenvalue weighted by Crippen LogP contribution is -2.12. The number of carbonyl (C=O) groups is 1. The number of carbonyl (C=O) groups excluding carboxylic acids is 1. The average Bonchev–Trinajstić information content (AvgIpc) is 2.62. The summed E-state index contributed by atoms with van der Waals surface area (Å²) in [5.74, 6) is 1.19. The van der Waals surface area contributed by atoms with Gasteiger partial charge in [-0.2, -0.15) is 0 Å². The lowest BCUT2D eigenvalue weighted by molar-refractivity contribution is -0.139. The molecule has 0 bridgehead atoms. The van der Waals surface area contributed by atoms with E-state index in [1.165, 1.54) is 0 Å². The van der Waals surface area contributed by atoms with Gasteiger partial charge in [-0.1, -0.05) is 30.8 Å². The SMILES string of the molecule is C=CC(=O)OCCOCCOc1ccc(OCC)c2ccccc12. The van der Waals surface area contributed by atoms with Crippen LogP contribution in [0, 0.1) is 0 Å². The highest BCUT2D eigenvalue weighted by molar-refractivity contribution is 5.93. The number of hydrogen-bond acceptors (Lipinski definition) is 5. The van der Waals surface area contributed by atoms with Gasteiger partial charge in [0.25, 0.3) is 0 Å². The Bertz CT molecular complexity index is 681.